The number of carbonyl (C=O) groups is 1. The molecule has 176 valence electrons. The van der Waals surface area contributed by atoms with Gasteiger partial charge in [0.15, 0.2) is 0 Å². The maximum absolute atomic E-state index is 13.3. The monoisotopic (exact) mass is 487 g/mol. The summed E-state index contributed by atoms with van der Waals surface area (Å²) in [4.78, 5) is 19.5. The van der Waals surface area contributed by atoms with Gasteiger partial charge >= 0.3 is 6.09 Å². The van der Waals surface area contributed by atoms with Crippen LogP contribution < -0.4 is 10.6 Å². The fraction of sp³-hybridized carbons (Fsp3) is 0.462. The number of fused-ring (bicyclic) bond motifs is 3. The van der Waals surface area contributed by atoms with E-state index in [-0.39, 0.29) is 12.5 Å². The first-order chi connectivity index (χ1) is 15.6. The minimum absolute atomic E-state index is 0.261. The van der Waals surface area contributed by atoms with Gasteiger partial charge in [0.25, 0.3) is 0 Å². The maximum Gasteiger partial charge on any atom is 0.415 e. The minimum atomic E-state index is -0.654. The highest BCUT2D eigenvalue weighted by Crippen LogP contribution is 2.52. The summed E-state index contributed by atoms with van der Waals surface area (Å²) >= 11 is 13.0. The lowest BCUT2D eigenvalue weighted by Crippen LogP contribution is -2.37. The Labute approximate surface area is 205 Å². The number of ether oxygens (including phenoxy) is 1. The van der Waals surface area contributed by atoms with Crippen molar-refractivity contribution < 1.29 is 9.53 Å². The van der Waals surface area contributed by atoms with Gasteiger partial charge < -0.3 is 10.5 Å². The molecule has 3 unspecified atom stereocenters. The number of hydrogen-bond acceptors (Lipinski definition) is 4. The van der Waals surface area contributed by atoms with Crippen LogP contribution in [0.25, 0.3) is 0 Å². The van der Waals surface area contributed by atoms with Crippen molar-refractivity contribution in [2.24, 2.45) is 22.6 Å². The molecule has 2 aromatic rings. The molecule has 4 rings (SSSR count). The molecule has 1 heterocycles. The summed E-state index contributed by atoms with van der Waals surface area (Å²) in [7, 11) is 0. The van der Waals surface area contributed by atoms with E-state index in [1.54, 1.807) is 11.0 Å². The summed E-state index contributed by atoms with van der Waals surface area (Å²) in [5.41, 5.74) is 9.07. The number of anilines is 1. The van der Waals surface area contributed by atoms with Crippen LogP contribution in [0.2, 0.25) is 10.0 Å². The smallest absolute Gasteiger partial charge is 0.415 e. The predicted molar refractivity (Wildman–Crippen MR) is 136 cm³/mol. The molecule has 0 bridgehead atoms. The van der Waals surface area contributed by atoms with Crippen molar-refractivity contribution in [3.8, 4) is 0 Å². The first-order valence-corrected chi connectivity index (χ1v) is 12.3. The third-order valence-corrected chi connectivity index (χ3v) is 7.07. The number of halogens is 2. The molecule has 1 amide bonds. The number of rotatable bonds is 4. The Morgan fingerprint density at radius 3 is 2.64 bits per heavy atom. The molecule has 7 heteroatoms. The third kappa shape index (κ3) is 4.99. The topological polar surface area (TPSA) is 67.9 Å². The maximum atomic E-state index is 13.3. The van der Waals surface area contributed by atoms with Crippen LogP contribution in [0.15, 0.2) is 41.4 Å². The fourth-order valence-corrected chi connectivity index (χ4v) is 5.57. The van der Waals surface area contributed by atoms with Gasteiger partial charge in [-0.1, -0.05) is 48.7 Å². The Hall–Kier alpha value is -2.24. The van der Waals surface area contributed by atoms with Gasteiger partial charge in [-0.3, -0.25) is 4.90 Å². The van der Waals surface area contributed by atoms with Crippen LogP contribution in [0, 0.1) is 11.8 Å². The van der Waals surface area contributed by atoms with Crippen LogP contribution in [0.4, 0.5) is 16.2 Å². The van der Waals surface area contributed by atoms with E-state index in [1.165, 1.54) is 0 Å². The molecule has 1 aliphatic heterocycles. The highest BCUT2D eigenvalue weighted by Gasteiger charge is 2.42. The average molecular weight is 488 g/mol. The van der Waals surface area contributed by atoms with Crippen molar-refractivity contribution in [2.45, 2.75) is 65.0 Å². The highest BCUT2D eigenvalue weighted by atomic mass is 35.5. The summed E-state index contributed by atoms with van der Waals surface area (Å²) in [6.07, 6.45) is 2.80. The first kappa shape index (κ1) is 23.9. The summed E-state index contributed by atoms with van der Waals surface area (Å²) in [5, 5.41) is 1.10. The van der Waals surface area contributed by atoms with Crippen molar-refractivity contribution in [1.29, 1.82) is 0 Å². The Morgan fingerprint density at radius 1 is 1.21 bits per heavy atom. The molecule has 1 fully saturated rings. The number of amidine groups is 1. The Bertz CT molecular complexity index is 1090. The second-order valence-electron chi connectivity index (χ2n) is 9.97. The van der Waals surface area contributed by atoms with E-state index in [2.05, 4.69) is 6.92 Å². The molecule has 1 aliphatic carbocycles. The Morgan fingerprint density at radius 2 is 1.97 bits per heavy atom. The molecular weight excluding hydrogens is 457 g/mol. The Kier molecular flexibility index (Phi) is 6.66. The molecule has 0 aromatic heterocycles. The van der Waals surface area contributed by atoms with Gasteiger partial charge in [0, 0.05) is 10.9 Å². The van der Waals surface area contributed by atoms with Crippen LogP contribution >= 0.6 is 23.2 Å². The van der Waals surface area contributed by atoms with E-state index in [4.69, 9.17) is 38.7 Å². The number of amides is 1. The molecule has 0 spiro atoms. The zero-order valence-corrected chi connectivity index (χ0v) is 21.1. The normalized spacial score (nSPS) is 21.8. The van der Waals surface area contributed by atoms with Crippen LogP contribution in [-0.4, -0.2) is 17.5 Å². The number of aliphatic imine (C=N–C) groups is 1. The van der Waals surface area contributed by atoms with Crippen molar-refractivity contribution in [3.63, 3.8) is 0 Å². The molecule has 1 saturated carbocycles. The van der Waals surface area contributed by atoms with Crippen molar-refractivity contribution >= 4 is 46.5 Å². The molecule has 33 heavy (non-hydrogen) atoms. The molecular formula is C26H31Cl2N3O2. The van der Waals surface area contributed by atoms with Gasteiger partial charge in [0.1, 0.15) is 11.4 Å². The van der Waals surface area contributed by atoms with Crippen LogP contribution in [0.5, 0.6) is 0 Å². The number of hydrogen-bond donors (Lipinski definition) is 1. The zero-order chi connectivity index (χ0) is 23.9. The molecule has 2 aromatic carbocycles. The molecule has 2 N–H and O–H groups in total. The largest absolute Gasteiger partial charge is 0.443 e. The van der Waals surface area contributed by atoms with Crippen molar-refractivity contribution in [2.75, 3.05) is 4.90 Å². The third-order valence-electron chi connectivity index (χ3n) is 6.53. The van der Waals surface area contributed by atoms with E-state index >= 15 is 0 Å². The van der Waals surface area contributed by atoms with Gasteiger partial charge in [-0.2, -0.15) is 0 Å². The van der Waals surface area contributed by atoms with E-state index < -0.39 is 11.7 Å². The van der Waals surface area contributed by atoms with Gasteiger partial charge in [0.05, 0.1) is 22.9 Å². The first-order valence-electron chi connectivity index (χ1n) is 11.5. The van der Waals surface area contributed by atoms with E-state index in [0.717, 1.165) is 36.1 Å². The molecule has 0 saturated heterocycles. The zero-order valence-electron chi connectivity index (χ0n) is 19.6. The van der Waals surface area contributed by atoms with Gasteiger partial charge in [-0.25, -0.2) is 9.79 Å². The Balaban J connectivity index is 1.78. The summed E-state index contributed by atoms with van der Waals surface area (Å²) < 4.78 is 5.72. The SMILES string of the molecule is CCC1CCC2C(N)=Nc3cc(N(Cc4cccc(Cl)c4)C(=O)OC(C)(C)C)c(Cl)cc3C12. The second kappa shape index (κ2) is 9.19. The second-order valence-corrected chi connectivity index (χ2v) is 10.8. The van der Waals surface area contributed by atoms with E-state index in [0.29, 0.717) is 33.4 Å². The lowest BCUT2D eigenvalue weighted by Gasteiger charge is -2.32. The fourth-order valence-electron chi connectivity index (χ4n) is 5.08. The number of nitrogens with zero attached hydrogens (tertiary/aromatic N) is 2. The average Bonchev–Trinajstić information content (AvgIpc) is 3.16. The summed E-state index contributed by atoms with van der Waals surface area (Å²) in [5.74, 6) is 1.81. The van der Waals surface area contributed by atoms with Gasteiger partial charge in [-0.05, 0) is 80.8 Å². The number of benzene rings is 2. The van der Waals surface area contributed by atoms with E-state index in [1.807, 2.05) is 51.1 Å². The number of nitrogens with two attached hydrogens (primary N) is 1. The highest BCUT2D eigenvalue weighted by molar-refractivity contribution is 6.34. The van der Waals surface area contributed by atoms with Gasteiger partial charge in [0.2, 0.25) is 0 Å². The van der Waals surface area contributed by atoms with Crippen LogP contribution in [0.1, 0.15) is 64.0 Å². The van der Waals surface area contributed by atoms with Crippen LogP contribution in [-0.2, 0) is 11.3 Å². The van der Waals surface area contributed by atoms with Crippen molar-refractivity contribution in [1.82, 2.24) is 0 Å². The molecule has 2 aliphatic rings. The standard InChI is InChI=1S/C26H31Cl2N3O2/c1-5-16-9-10-18-23(16)19-12-20(28)22(13-21(19)30-24(18)29)31(25(32)33-26(2,3)4)14-15-7-6-8-17(27)11-15/h6-8,11-13,16,18,23H,5,9-10,14H2,1-4H3,(H2,29,30). The lowest BCUT2D eigenvalue weighted by atomic mass is 9.79. The summed E-state index contributed by atoms with van der Waals surface area (Å²) in [6.45, 7) is 8.00. The molecule has 0 radical (unpaired) electrons. The van der Waals surface area contributed by atoms with Crippen molar-refractivity contribution in [3.05, 3.63) is 57.6 Å². The van der Waals surface area contributed by atoms with E-state index in [9.17, 15) is 4.79 Å². The quantitative estimate of drug-likeness (QED) is 0.486. The van der Waals surface area contributed by atoms with Crippen LogP contribution in [0.3, 0.4) is 0 Å². The minimum Gasteiger partial charge on any atom is -0.443 e. The summed E-state index contributed by atoms with van der Waals surface area (Å²) in [6, 6.07) is 11.3. The van der Waals surface area contributed by atoms with Gasteiger partial charge in [-0.15, -0.1) is 0 Å². The molecule has 5 nitrogen and oxygen atoms in total. The molecule has 3 atom stereocenters. The lowest BCUT2D eigenvalue weighted by molar-refractivity contribution is 0.0577. The predicted octanol–water partition coefficient (Wildman–Crippen LogP) is 7.46. The number of carbonyl (C=O) groups excluding carboxylic acids is 1.